The van der Waals surface area contributed by atoms with Crippen molar-refractivity contribution in [1.29, 1.82) is 0 Å². The highest BCUT2D eigenvalue weighted by molar-refractivity contribution is 6.13. The van der Waals surface area contributed by atoms with E-state index in [1.54, 1.807) is 24.3 Å². The van der Waals surface area contributed by atoms with Crippen molar-refractivity contribution in [2.75, 3.05) is 5.32 Å². The minimum atomic E-state index is -4.57. The maximum absolute atomic E-state index is 13.0. The molecule has 0 aliphatic rings. The van der Waals surface area contributed by atoms with Crippen LogP contribution in [0.15, 0.2) is 54.6 Å². The number of phenols is 1. The monoisotopic (exact) mass is 345 g/mol. The molecule has 6 heteroatoms. The fraction of sp³-hybridized carbons (Fsp3) is 0.105. The molecule has 0 saturated heterocycles. The number of hydrogen-bond acceptors (Lipinski definition) is 2. The molecule has 0 radical (unpaired) electrons. The minimum absolute atomic E-state index is 0.117. The Hall–Kier alpha value is -3.02. The molecule has 25 heavy (non-hydrogen) atoms. The van der Waals surface area contributed by atoms with E-state index in [0.29, 0.717) is 10.9 Å². The number of nitrogens with one attached hydrogen (secondary N) is 1. The van der Waals surface area contributed by atoms with E-state index in [1.165, 1.54) is 6.92 Å². The number of amides is 1. The molecule has 3 aromatic rings. The van der Waals surface area contributed by atoms with Gasteiger partial charge in [0.2, 0.25) is 0 Å². The highest BCUT2D eigenvalue weighted by Gasteiger charge is 2.33. The Morgan fingerprint density at radius 1 is 1.04 bits per heavy atom. The van der Waals surface area contributed by atoms with E-state index in [-0.39, 0.29) is 11.3 Å². The number of carbonyl (C=O) groups is 1. The van der Waals surface area contributed by atoms with Crippen molar-refractivity contribution in [3.05, 3.63) is 71.3 Å². The molecule has 0 atom stereocenters. The zero-order valence-electron chi connectivity index (χ0n) is 13.2. The lowest BCUT2D eigenvalue weighted by Gasteiger charge is -2.15. The number of benzene rings is 3. The zero-order valence-corrected chi connectivity index (χ0v) is 13.2. The maximum Gasteiger partial charge on any atom is 0.416 e. The van der Waals surface area contributed by atoms with Crippen LogP contribution in [0.25, 0.3) is 10.8 Å². The molecule has 0 unspecified atom stereocenters. The topological polar surface area (TPSA) is 49.3 Å². The van der Waals surface area contributed by atoms with Gasteiger partial charge in [0.15, 0.2) is 0 Å². The van der Waals surface area contributed by atoms with Crippen molar-refractivity contribution in [2.45, 2.75) is 13.1 Å². The van der Waals surface area contributed by atoms with E-state index < -0.39 is 23.4 Å². The highest BCUT2D eigenvalue weighted by Crippen LogP contribution is 2.37. The predicted octanol–water partition coefficient (Wildman–Crippen LogP) is 5.12. The van der Waals surface area contributed by atoms with Gasteiger partial charge in [-0.1, -0.05) is 36.4 Å². The van der Waals surface area contributed by atoms with Crippen LogP contribution in [0.5, 0.6) is 5.75 Å². The number of rotatable bonds is 2. The fourth-order valence-electron chi connectivity index (χ4n) is 2.71. The second-order valence-corrected chi connectivity index (χ2v) is 5.66. The summed E-state index contributed by atoms with van der Waals surface area (Å²) in [6.45, 7) is 1.25. The molecule has 0 spiro atoms. The number of halogens is 3. The van der Waals surface area contributed by atoms with Crippen LogP contribution in [-0.4, -0.2) is 11.0 Å². The molecule has 0 fully saturated rings. The van der Waals surface area contributed by atoms with E-state index >= 15 is 0 Å². The first-order valence-corrected chi connectivity index (χ1v) is 7.47. The van der Waals surface area contributed by atoms with Crippen LogP contribution in [0, 0.1) is 6.92 Å². The van der Waals surface area contributed by atoms with Gasteiger partial charge in [0.25, 0.3) is 5.91 Å². The van der Waals surface area contributed by atoms with Gasteiger partial charge >= 0.3 is 6.18 Å². The van der Waals surface area contributed by atoms with E-state index in [9.17, 15) is 23.1 Å². The summed E-state index contributed by atoms with van der Waals surface area (Å²) in [4.78, 5) is 12.5. The first kappa shape index (κ1) is 16.8. The van der Waals surface area contributed by atoms with Crippen molar-refractivity contribution in [1.82, 2.24) is 0 Å². The van der Waals surface area contributed by atoms with Gasteiger partial charge in [-0.15, -0.1) is 0 Å². The number of aryl methyl sites for hydroxylation is 1. The second kappa shape index (κ2) is 6.12. The predicted molar refractivity (Wildman–Crippen MR) is 89.7 cm³/mol. The van der Waals surface area contributed by atoms with Gasteiger partial charge in [-0.3, -0.25) is 4.79 Å². The minimum Gasteiger partial charge on any atom is -0.506 e. The first-order valence-electron chi connectivity index (χ1n) is 7.47. The van der Waals surface area contributed by atoms with Gasteiger partial charge in [0, 0.05) is 5.56 Å². The van der Waals surface area contributed by atoms with Gasteiger partial charge < -0.3 is 10.4 Å². The largest absolute Gasteiger partial charge is 0.506 e. The molecule has 2 N–H and O–H groups in total. The van der Waals surface area contributed by atoms with Gasteiger partial charge in [-0.05, 0) is 41.5 Å². The summed E-state index contributed by atoms with van der Waals surface area (Å²) in [5, 5.41) is 13.8. The standard InChI is InChI=1S/C19H14F3NO2/c1-11-9-17(24)16(10-15(11)19(20,21)22)23-18(25)14-8-4-6-12-5-2-3-7-13(12)14/h2-10,24H,1H3,(H,23,25). The average Bonchev–Trinajstić information content (AvgIpc) is 2.55. The lowest BCUT2D eigenvalue weighted by molar-refractivity contribution is -0.138. The Morgan fingerprint density at radius 3 is 2.44 bits per heavy atom. The van der Waals surface area contributed by atoms with Gasteiger partial charge in [0.05, 0.1) is 11.3 Å². The molecule has 0 aromatic heterocycles. The van der Waals surface area contributed by atoms with Gasteiger partial charge in [-0.2, -0.15) is 13.2 Å². The highest BCUT2D eigenvalue weighted by atomic mass is 19.4. The van der Waals surface area contributed by atoms with Crippen molar-refractivity contribution >= 4 is 22.4 Å². The number of anilines is 1. The van der Waals surface area contributed by atoms with Crippen molar-refractivity contribution in [3.63, 3.8) is 0 Å². The van der Waals surface area contributed by atoms with Crippen LogP contribution >= 0.6 is 0 Å². The number of hydrogen-bond donors (Lipinski definition) is 2. The molecule has 0 aliphatic heterocycles. The number of aromatic hydroxyl groups is 1. The lowest BCUT2D eigenvalue weighted by atomic mass is 10.0. The second-order valence-electron chi connectivity index (χ2n) is 5.66. The van der Waals surface area contributed by atoms with Crippen molar-refractivity contribution < 1.29 is 23.1 Å². The summed E-state index contributed by atoms with van der Waals surface area (Å²) in [7, 11) is 0. The molecular formula is C19H14F3NO2. The third-order valence-electron chi connectivity index (χ3n) is 3.93. The lowest BCUT2D eigenvalue weighted by Crippen LogP contribution is -2.14. The molecule has 0 aliphatic carbocycles. The third-order valence-corrected chi connectivity index (χ3v) is 3.93. The summed E-state index contributed by atoms with van der Waals surface area (Å²) < 4.78 is 39.1. The third kappa shape index (κ3) is 3.28. The SMILES string of the molecule is Cc1cc(O)c(NC(=O)c2cccc3ccccc23)cc1C(F)(F)F. The van der Waals surface area contributed by atoms with Crippen molar-refractivity contribution in [3.8, 4) is 5.75 Å². The Bertz CT molecular complexity index is 959. The van der Waals surface area contributed by atoms with E-state index in [0.717, 1.165) is 17.5 Å². The van der Waals surface area contributed by atoms with Crippen LogP contribution in [0.2, 0.25) is 0 Å². The van der Waals surface area contributed by atoms with E-state index in [1.807, 2.05) is 18.2 Å². The molecular weight excluding hydrogens is 331 g/mol. The molecule has 0 saturated carbocycles. The van der Waals surface area contributed by atoms with Crippen LogP contribution < -0.4 is 5.32 Å². The summed E-state index contributed by atoms with van der Waals surface area (Å²) in [5.74, 6) is -1.01. The van der Waals surface area contributed by atoms with Crippen LogP contribution in [0.3, 0.4) is 0 Å². The fourth-order valence-corrected chi connectivity index (χ4v) is 2.71. The molecule has 128 valence electrons. The van der Waals surface area contributed by atoms with E-state index in [4.69, 9.17) is 0 Å². The quantitative estimate of drug-likeness (QED) is 0.633. The van der Waals surface area contributed by atoms with Crippen LogP contribution in [-0.2, 0) is 6.18 Å². The van der Waals surface area contributed by atoms with Gasteiger partial charge in [0.1, 0.15) is 5.75 Å². The number of carbonyl (C=O) groups excluding carboxylic acids is 1. The van der Waals surface area contributed by atoms with Gasteiger partial charge in [-0.25, -0.2) is 0 Å². The van der Waals surface area contributed by atoms with Crippen molar-refractivity contribution in [2.24, 2.45) is 0 Å². The first-order chi connectivity index (χ1) is 11.8. The number of fused-ring (bicyclic) bond motifs is 1. The number of alkyl halides is 3. The van der Waals surface area contributed by atoms with Crippen LogP contribution in [0.4, 0.5) is 18.9 Å². The maximum atomic E-state index is 13.0. The summed E-state index contributed by atoms with van der Waals surface area (Å²) in [6, 6.07) is 14.0. The molecule has 3 nitrogen and oxygen atoms in total. The van der Waals surface area contributed by atoms with E-state index in [2.05, 4.69) is 5.32 Å². The Labute approximate surface area is 141 Å². The normalized spacial score (nSPS) is 11.5. The summed E-state index contributed by atoms with van der Waals surface area (Å²) in [5.41, 5.74) is -0.992. The Kier molecular flexibility index (Phi) is 4.12. The Balaban J connectivity index is 2.01. The molecule has 0 bridgehead atoms. The van der Waals surface area contributed by atoms with Crippen LogP contribution in [0.1, 0.15) is 21.5 Å². The molecule has 0 heterocycles. The Morgan fingerprint density at radius 2 is 1.72 bits per heavy atom. The number of phenolic OH excluding ortho intramolecular Hbond substituents is 1. The molecule has 3 rings (SSSR count). The summed E-state index contributed by atoms with van der Waals surface area (Å²) >= 11 is 0. The summed E-state index contributed by atoms with van der Waals surface area (Å²) in [6.07, 6.45) is -4.57. The average molecular weight is 345 g/mol. The molecule has 3 aromatic carbocycles. The smallest absolute Gasteiger partial charge is 0.416 e. The molecule has 1 amide bonds. The zero-order chi connectivity index (χ0) is 18.2.